The topological polar surface area (TPSA) is 66.9 Å². The van der Waals surface area contributed by atoms with Crippen LogP contribution in [0.15, 0.2) is 54.9 Å². The molecule has 3 aromatic rings. The molecule has 0 saturated carbocycles. The van der Waals surface area contributed by atoms with E-state index in [9.17, 15) is 4.79 Å². The average Bonchev–Trinajstić information content (AvgIpc) is 2.60. The predicted molar refractivity (Wildman–Crippen MR) is 101 cm³/mol. The molecule has 2 N–H and O–H groups in total. The Balaban J connectivity index is 1.77. The van der Waals surface area contributed by atoms with Crippen molar-refractivity contribution in [3.8, 4) is 0 Å². The molecule has 5 nitrogen and oxygen atoms in total. The number of carbonyl (C=O) groups excluding carboxylic acids is 1. The molecule has 0 fully saturated rings. The second kappa shape index (κ2) is 7.32. The Morgan fingerprint density at radius 1 is 1.00 bits per heavy atom. The molecule has 0 bridgehead atoms. The third-order valence-electron chi connectivity index (χ3n) is 3.67. The van der Waals surface area contributed by atoms with Crippen LogP contribution in [0.25, 0.3) is 0 Å². The van der Waals surface area contributed by atoms with Crippen LogP contribution in [0.4, 0.5) is 17.2 Å². The Morgan fingerprint density at radius 2 is 1.76 bits per heavy atom. The molecule has 0 atom stereocenters. The average molecular weight is 353 g/mol. The lowest BCUT2D eigenvalue weighted by molar-refractivity contribution is 0.102. The van der Waals surface area contributed by atoms with Crippen LogP contribution in [0.1, 0.15) is 21.6 Å². The van der Waals surface area contributed by atoms with Crippen molar-refractivity contribution in [3.63, 3.8) is 0 Å². The summed E-state index contributed by atoms with van der Waals surface area (Å²) in [7, 11) is 0. The Kier molecular flexibility index (Phi) is 4.95. The maximum atomic E-state index is 12.5. The number of amides is 1. The fourth-order valence-corrected chi connectivity index (χ4v) is 2.42. The zero-order valence-corrected chi connectivity index (χ0v) is 14.6. The van der Waals surface area contributed by atoms with Crippen LogP contribution in [0.3, 0.4) is 0 Å². The Morgan fingerprint density at radius 3 is 2.52 bits per heavy atom. The quantitative estimate of drug-likeness (QED) is 0.711. The van der Waals surface area contributed by atoms with Crippen molar-refractivity contribution in [1.29, 1.82) is 0 Å². The molecule has 0 saturated heterocycles. The first-order chi connectivity index (χ1) is 12.0. The van der Waals surface area contributed by atoms with Crippen molar-refractivity contribution < 1.29 is 4.79 Å². The highest BCUT2D eigenvalue weighted by atomic mass is 35.5. The van der Waals surface area contributed by atoms with Gasteiger partial charge in [0.25, 0.3) is 5.91 Å². The molecule has 126 valence electrons. The number of aryl methyl sites for hydroxylation is 2. The van der Waals surface area contributed by atoms with Gasteiger partial charge in [0, 0.05) is 22.5 Å². The third-order valence-corrected chi connectivity index (χ3v) is 3.91. The molecule has 1 heterocycles. The van der Waals surface area contributed by atoms with E-state index in [-0.39, 0.29) is 11.6 Å². The summed E-state index contributed by atoms with van der Waals surface area (Å²) in [5.41, 5.74) is 3.91. The standard InChI is InChI=1S/C19H17ClN4O/c1-12-3-7-15(8-4-12)23-18-10-17(21-11-22-18)19(25)24-16-9-14(20)6-5-13(16)2/h3-11H,1-2H3,(H,24,25)(H,21,22,23). The van der Waals surface area contributed by atoms with E-state index >= 15 is 0 Å². The van der Waals surface area contributed by atoms with Gasteiger partial charge in [-0.25, -0.2) is 9.97 Å². The van der Waals surface area contributed by atoms with E-state index in [1.54, 1.807) is 18.2 Å². The van der Waals surface area contributed by atoms with Gasteiger partial charge in [-0.3, -0.25) is 4.79 Å². The van der Waals surface area contributed by atoms with E-state index in [0.29, 0.717) is 16.5 Å². The second-order valence-corrected chi connectivity index (χ2v) is 6.13. The lowest BCUT2D eigenvalue weighted by Crippen LogP contribution is -2.15. The Bertz CT molecular complexity index is 910. The SMILES string of the molecule is Cc1ccc(Nc2cc(C(=O)Nc3cc(Cl)ccc3C)ncn2)cc1. The number of nitrogens with zero attached hydrogens (tertiary/aromatic N) is 2. The van der Waals surface area contributed by atoms with Gasteiger partial charge in [-0.15, -0.1) is 0 Å². The molecule has 1 amide bonds. The van der Waals surface area contributed by atoms with Crippen LogP contribution in [0.5, 0.6) is 0 Å². The third kappa shape index (κ3) is 4.33. The van der Waals surface area contributed by atoms with E-state index in [2.05, 4.69) is 20.6 Å². The van der Waals surface area contributed by atoms with Gasteiger partial charge >= 0.3 is 0 Å². The minimum Gasteiger partial charge on any atom is -0.340 e. The number of benzene rings is 2. The fraction of sp³-hybridized carbons (Fsp3) is 0.105. The second-order valence-electron chi connectivity index (χ2n) is 5.69. The zero-order chi connectivity index (χ0) is 17.8. The lowest BCUT2D eigenvalue weighted by atomic mass is 10.2. The number of rotatable bonds is 4. The summed E-state index contributed by atoms with van der Waals surface area (Å²) >= 11 is 5.99. The number of hydrogen-bond acceptors (Lipinski definition) is 4. The number of halogens is 1. The monoisotopic (exact) mass is 352 g/mol. The normalized spacial score (nSPS) is 10.4. The summed E-state index contributed by atoms with van der Waals surface area (Å²) in [5, 5.41) is 6.54. The van der Waals surface area contributed by atoms with Crippen LogP contribution >= 0.6 is 11.6 Å². The van der Waals surface area contributed by atoms with Crippen molar-refractivity contribution in [2.75, 3.05) is 10.6 Å². The molecular weight excluding hydrogens is 336 g/mol. The first-order valence-corrected chi connectivity index (χ1v) is 8.12. The number of nitrogens with one attached hydrogen (secondary N) is 2. The number of aromatic nitrogens is 2. The van der Waals surface area contributed by atoms with Gasteiger partial charge in [0.05, 0.1) is 0 Å². The Hall–Kier alpha value is -2.92. The van der Waals surface area contributed by atoms with Crippen LogP contribution < -0.4 is 10.6 Å². The zero-order valence-electron chi connectivity index (χ0n) is 13.9. The van der Waals surface area contributed by atoms with Gasteiger partial charge in [-0.05, 0) is 43.7 Å². The molecule has 25 heavy (non-hydrogen) atoms. The van der Waals surface area contributed by atoms with Gasteiger partial charge < -0.3 is 10.6 Å². The molecule has 6 heteroatoms. The number of carbonyl (C=O) groups is 1. The minimum atomic E-state index is -0.320. The Labute approximate surface area is 151 Å². The van der Waals surface area contributed by atoms with E-state index in [1.807, 2.05) is 44.2 Å². The number of anilines is 3. The molecule has 3 rings (SSSR count). The molecule has 0 spiro atoms. The van der Waals surface area contributed by atoms with Gasteiger partial charge in [-0.1, -0.05) is 35.4 Å². The summed E-state index contributed by atoms with van der Waals surface area (Å²) in [6, 6.07) is 14.8. The summed E-state index contributed by atoms with van der Waals surface area (Å²) in [4.78, 5) is 20.7. The van der Waals surface area contributed by atoms with Gasteiger partial charge in [0.2, 0.25) is 0 Å². The van der Waals surface area contributed by atoms with E-state index < -0.39 is 0 Å². The van der Waals surface area contributed by atoms with Gasteiger partial charge in [0.15, 0.2) is 0 Å². The van der Waals surface area contributed by atoms with Crippen molar-refractivity contribution in [2.45, 2.75) is 13.8 Å². The van der Waals surface area contributed by atoms with E-state index in [4.69, 9.17) is 11.6 Å². The molecular formula is C19H17ClN4O. The maximum Gasteiger partial charge on any atom is 0.274 e. The van der Waals surface area contributed by atoms with Gasteiger partial charge in [-0.2, -0.15) is 0 Å². The first kappa shape index (κ1) is 16.9. The lowest BCUT2D eigenvalue weighted by Gasteiger charge is -2.10. The summed E-state index contributed by atoms with van der Waals surface area (Å²) in [6.45, 7) is 3.92. The summed E-state index contributed by atoms with van der Waals surface area (Å²) in [5.74, 6) is 0.228. The molecule has 0 aliphatic rings. The maximum absolute atomic E-state index is 12.5. The highest BCUT2D eigenvalue weighted by Gasteiger charge is 2.11. The van der Waals surface area contributed by atoms with Crippen LogP contribution in [0, 0.1) is 13.8 Å². The molecule has 0 aliphatic heterocycles. The van der Waals surface area contributed by atoms with Crippen molar-refractivity contribution >= 4 is 34.7 Å². The van der Waals surface area contributed by atoms with Crippen LogP contribution in [-0.4, -0.2) is 15.9 Å². The van der Waals surface area contributed by atoms with E-state index in [0.717, 1.165) is 11.3 Å². The number of hydrogen-bond donors (Lipinski definition) is 2. The van der Waals surface area contributed by atoms with Crippen molar-refractivity contribution in [2.24, 2.45) is 0 Å². The minimum absolute atomic E-state index is 0.268. The van der Waals surface area contributed by atoms with Crippen molar-refractivity contribution in [1.82, 2.24) is 9.97 Å². The largest absolute Gasteiger partial charge is 0.340 e. The molecule has 1 aromatic heterocycles. The first-order valence-electron chi connectivity index (χ1n) is 7.74. The highest BCUT2D eigenvalue weighted by molar-refractivity contribution is 6.31. The van der Waals surface area contributed by atoms with Crippen molar-refractivity contribution in [3.05, 3.63) is 76.7 Å². The van der Waals surface area contributed by atoms with Crippen LogP contribution in [0.2, 0.25) is 5.02 Å². The smallest absolute Gasteiger partial charge is 0.274 e. The molecule has 0 unspecified atom stereocenters. The summed E-state index contributed by atoms with van der Waals surface area (Å²) < 4.78 is 0. The molecule has 2 aromatic carbocycles. The molecule has 0 aliphatic carbocycles. The van der Waals surface area contributed by atoms with Crippen LogP contribution in [-0.2, 0) is 0 Å². The molecule has 0 radical (unpaired) electrons. The fourth-order valence-electron chi connectivity index (χ4n) is 2.25. The summed E-state index contributed by atoms with van der Waals surface area (Å²) in [6.07, 6.45) is 1.36. The predicted octanol–water partition coefficient (Wildman–Crippen LogP) is 4.74. The highest BCUT2D eigenvalue weighted by Crippen LogP contribution is 2.21. The van der Waals surface area contributed by atoms with Gasteiger partial charge in [0.1, 0.15) is 17.8 Å². The van der Waals surface area contributed by atoms with E-state index in [1.165, 1.54) is 11.9 Å².